The zero-order valence-corrected chi connectivity index (χ0v) is 17.0. The second-order valence-electron chi connectivity index (χ2n) is 7.41. The molecule has 0 amide bonds. The highest BCUT2D eigenvalue weighted by molar-refractivity contribution is 6.42. The number of hydrogen-bond acceptors (Lipinski definition) is 3. The largest absolute Gasteiger partial charge is 0.508 e. The van der Waals surface area contributed by atoms with E-state index in [0.29, 0.717) is 41.5 Å². The molecule has 2 bridgehead atoms. The van der Waals surface area contributed by atoms with Gasteiger partial charge in [0.2, 0.25) is 0 Å². The van der Waals surface area contributed by atoms with Crippen molar-refractivity contribution in [2.45, 2.75) is 44.8 Å². The van der Waals surface area contributed by atoms with Crippen LogP contribution in [0.4, 0.5) is 4.39 Å². The van der Waals surface area contributed by atoms with Gasteiger partial charge in [-0.05, 0) is 55.0 Å². The quantitative estimate of drug-likeness (QED) is 0.605. The van der Waals surface area contributed by atoms with Gasteiger partial charge in [0.1, 0.15) is 17.5 Å². The Morgan fingerprint density at radius 2 is 1.96 bits per heavy atom. The third kappa shape index (κ3) is 2.86. The van der Waals surface area contributed by atoms with Gasteiger partial charge in [0, 0.05) is 5.56 Å². The molecule has 2 aliphatic heterocycles. The lowest BCUT2D eigenvalue weighted by Gasteiger charge is -2.31. The van der Waals surface area contributed by atoms with Gasteiger partial charge in [-0.15, -0.1) is 0 Å². The van der Waals surface area contributed by atoms with E-state index in [1.807, 2.05) is 13.0 Å². The standard InChI is InChI=1S/C22H19Cl2FO3/c1-3-11-10-12(14-6-7-15(23)18(24)19(14)25)4-5-13(11)17-20(26)16-8-9-22(2,28-16)21(17)27/h4-7,10,16,27H,3,8-9H2,1-2H3/t16-,22+/m0/s1. The third-order valence-electron chi connectivity index (χ3n) is 5.66. The van der Waals surface area contributed by atoms with E-state index in [1.54, 1.807) is 31.2 Å². The highest BCUT2D eigenvalue weighted by atomic mass is 35.5. The van der Waals surface area contributed by atoms with E-state index in [4.69, 9.17) is 27.9 Å². The molecule has 0 unspecified atom stereocenters. The number of hydrogen-bond donors (Lipinski definition) is 1. The first-order valence-corrected chi connectivity index (χ1v) is 9.95. The Bertz CT molecular complexity index is 1030. The van der Waals surface area contributed by atoms with Crippen LogP contribution in [-0.2, 0) is 16.0 Å². The Labute approximate surface area is 172 Å². The molecule has 6 heteroatoms. The predicted molar refractivity (Wildman–Crippen MR) is 108 cm³/mol. The van der Waals surface area contributed by atoms with E-state index in [0.717, 1.165) is 5.56 Å². The van der Waals surface area contributed by atoms with Crippen LogP contribution in [0.2, 0.25) is 10.0 Å². The number of benzene rings is 2. The third-order valence-corrected chi connectivity index (χ3v) is 6.45. The summed E-state index contributed by atoms with van der Waals surface area (Å²) in [7, 11) is 0. The van der Waals surface area contributed by atoms with Gasteiger partial charge < -0.3 is 9.84 Å². The summed E-state index contributed by atoms with van der Waals surface area (Å²) in [6, 6.07) is 8.44. The van der Waals surface area contributed by atoms with Crippen molar-refractivity contribution in [3.05, 3.63) is 63.1 Å². The number of aliphatic hydroxyl groups is 1. The topological polar surface area (TPSA) is 46.5 Å². The lowest BCUT2D eigenvalue weighted by Crippen LogP contribution is -2.37. The molecule has 0 saturated carbocycles. The zero-order chi connectivity index (χ0) is 20.2. The lowest BCUT2D eigenvalue weighted by atomic mass is 9.87. The Balaban J connectivity index is 1.85. The van der Waals surface area contributed by atoms with Crippen molar-refractivity contribution >= 4 is 34.6 Å². The van der Waals surface area contributed by atoms with Crippen molar-refractivity contribution in [3.8, 4) is 11.1 Å². The van der Waals surface area contributed by atoms with Crippen molar-refractivity contribution in [1.29, 1.82) is 0 Å². The van der Waals surface area contributed by atoms with E-state index in [9.17, 15) is 14.3 Å². The van der Waals surface area contributed by atoms with Gasteiger partial charge in [-0.25, -0.2) is 4.39 Å². The maximum Gasteiger partial charge on any atom is 0.195 e. The van der Waals surface area contributed by atoms with Crippen LogP contribution in [0, 0.1) is 5.82 Å². The number of ketones is 1. The van der Waals surface area contributed by atoms with Gasteiger partial charge in [-0.3, -0.25) is 4.79 Å². The van der Waals surface area contributed by atoms with E-state index in [-0.39, 0.29) is 21.6 Å². The first kappa shape index (κ1) is 19.4. The smallest absolute Gasteiger partial charge is 0.195 e. The molecule has 2 heterocycles. The second-order valence-corrected chi connectivity index (χ2v) is 8.20. The molecule has 2 aromatic carbocycles. The number of rotatable bonds is 3. The minimum Gasteiger partial charge on any atom is -0.508 e. The summed E-state index contributed by atoms with van der Waals surface area (Å²) >= 11 is 11.8. The van der Waals surface area contributed by atoms with Gasteiger partial charge in [0.25, 0.3) is 0 Å². The molecule has 0 aromatic heterocycles. The molecule has 28 heavy (non-hydrogen) atoms. The molecule has 1 N–H and O–H groups in total. The molecule has 3 nitrogen and oxygen atoms in total. The van der Waals surface area contributed by atoms with Gasteiger partial charge in [-0.2, -0.15) is 0 Å². The molecule has 1 saturated heterocycles. The first-order valence-electron chi connectivity index (χ1n) is 9.19. The summed E-state index contributed by atoms with van der Waals surface area (Å²) in [4.78, 5) is 12.9. The number of carbonyl (C=O) groups excluding carboxylic acids is 1. The second kappa shape index (κ2) is 6.87. The zero-order valence-electron chi connectivity index (χ0n) is 15.5. The van der Waals surface area contributed by atoms with E-state index in [2.05, 4.69) is 0 Å². The summed E-state index contributed by atoms with van der Waals surface area (Å²) in [6.45, 7) is 3.76. The van der Waals surface area contributed by atoms with Crippen LogP contribution >= 0.6 is 23.2 Å². The molecule has 1 fully saturated rings. The minimum absolute atomic E-state index is 0.0191. The van der Waals surface area contributed by atoms with Crippen LogP contribution in [0.5, 0.6) is 0 Å². The van der Waals surface area contributed by atoms with E-state index < -0.39 is 17.5 Å². The molecule has 0 spiro atoms. The fourth-order valence-electron chi connectivity index (χ4n) is 4.05. The number of aryl methyl sites for hydroxylation is 1. The van der Waals surface area contributed by atoms with Crippen molar-refractivity contribution in [2.24, 2.45) is 0 Å². The van der Waals surface area contributed by atoms with E-state index >= 15 is 0 Å². The first-order chi connectivity index (χ1) is 13.3. The predicted octanol–water partition coefficient (Wildman–Crippen LogP) is 6.15. The number of ether oxygens (including phenoxy) is 1. The molecule has 0 radical (unpaired) electrons. The number of aliphatic hydroxyl groups excluding tert-OH is 1. The molecular weight excluding hydrogens is 402 g/mol. The SMILES string of the molecule is CCc1cc(-c2ccc(Cl)c(Cl)c2F)ccc1C1=C(O)[C@@]2(C)CC[C@H](O2)C1=O. The van der Waals surface area contributed by atoms with E-state index in [1.165, 1.54) is 0 Å². The summed E-state index contributed by atoms with van der Waals surface area (Å²) < 4.78 is 20.3. The average molecular weight is 421 g/mol. The van der Waals surface area contributed by atoms with Gasteiger partial charge in [-0.1, -0.05) is 48.3 Å². The molecule has 2 aliphatic rings. The maximum atomic E-state index is 14.6. The highest BCUT2D eigenvalue weighted by Crippen LogP contribution is 2.45. The molecule has 0 aliphatic carbocycles. The summed E-state index contributed by atoms with van der Waals surface area (Å²) in [5.74, 6) is -0.802. The fourth-order valence-corrected chi connectivity index (χ4v) is 4.36. The molecular formula is C22H19Cl2FO3. The minimum atomic E-state index is -0.826. The molecule has 146 valence electrons. The van der Waals surface area contributed by atoms with Gasteiger partial charge in [0.15, 0.2) is 11.6 Å². The van der Waals surface area contributed by atoms with Crippen LogP contribution < -0.4 is 0 Å². The van der Waals surface area contributed by atoms with Crippen LogP contribution in [0.25, 0.3) is 16.7 Å². The Kier molecular flexibility index (Phi) is 4.77. The van der Waals surface area contributed by atoms with Crippen LogP contribution in [-0.4, -0.2) is 22.6 Å². The number of halogens is 3. The number of fused-ring (bicyclic) bond motifs is 2. The molecule has 4 rings (SSSR count). The van der Waals surface area contributed by atoms with Crippen molar-refractivity contribution in [1.82, 2.24) is 0 Å². The highest BCUT2D eigenvalue weighted by Gasteiger charge is 2.50. The van der Waals surface area contributed by atoms with Crippen LogP contribution in [0.3, 0.4) is 0 Å². The Hall–Kier alpha value is -1.88. The number of Topliss-reactive ketones (excluding diaryl/α,β-unsaturated/α-hetero) is 1. The fraction of sp³-hybridized carbons (Fsp3) is 0.318. The maximum absolute atomic E-state index is 14.6. The number of carbonyl (C=O) groups is 1. The van der Waals surface area contributed by atoms with Crippen LogP contribution in [0.15, 0.2) is 36.1 Å². The summed E-state index contributed by atoms with van der Waals surface area (Å²) in [6.07, 6.45) is 1.29. The van der Waals surface area contributed by atoms with Gasteiger partial charge in [0.05, 0.1) is 15.6 Å². The summed E-state index contributed by atoms with van der Waals surface area (Å²) in [5, 5.41) is 10.8. The summed E-state index contributed by atoms with van der Waals surface area (Å²) in [5.41, 5.74) is 1.95. The normalized spacial score (nSPS) is 24.2. The monoisotopic (exact) mass is 420 g/mol. The van der Waals surface area contributed by atoms with Gasteiger partial charge >= 0.3 is 0 Å². The average Bonchev–Trinajstić information content (AvgIpc) is 3.06. The Morgan fingerprint density at radius 3 is 2.68 bits per heavy atom. The Morgan fingerprint density at radius 1 is 1.25 bits per heavy atom. The molecule has 2 aromatic rings. The van der Waals surface area contributed by atoms with Crippen molar-refractivity contribution in [2.75, 3.05) is 0 Å². The molecule has 2 atom stereocenters. The van der Waals surface area contributed by atoms with Crippen molar-refractivity contribution < 1.29 is 19.0 Å². The van der Waals surface area contributed by atoms with Crippen molar-refractivity contribution in [3.63, 3.8) is 0 Å². The van der Waals surface area contributed by atoms with Crippen LogP contribution in [0.1, 0.15) is 37.8 Å². The lowest BCUT2D eigenvalue weighted by molar-refractivity contribution is -0.130.